The molecule has 0 atom stereocenters. The van der Waals surface area contributed by atoms with Crippen LogP contribution in [0.5, 0.6) is 5.75 Å². The zero-order valence-electron chi connectivity index (χ0n) is 21.7. The molecule has 1 aromatic rings. The molecule has 3 fully saturated rings. The molecule has 0 N–H and O–H groups in total. The van der Waals surface area contributed by atoms with Crippen molar-refractivity contribution in [3.05, 3.63) is 29.3 Å². The standard InChI is InChI=1S/C30H44F2O3/c1-3-5-20-6-8-24(9-7-20)30(33)35-25-16-14-22(15-17-25)21-10-12-23(13-11-21)26-18-19-27(34-4-2)29(32)28(26)31/h18-25H,3-17H2,1-2H3. The Bertz CT molecular complexity index is 817. The summed E-state index contributed by atoms with van der Waals surface area (Å²) in [6.07, 6.45) is 15.1. The van der Waals surface area contributed by atoms with Crippen molar-refractivity contribution in [2.24, 2.45) is 23.7 Å². The highest BCUT2D eigenvalue weighted by Gasteiger charge is 2.35. The lowest BCUT2D eigenvalue weighted by atomic mass is 9.69. The molecule has 0 aliphatic heterocycles. The molecule has 0 bridgehead atoms. The molecule has 3 nitrogen and oxygen atoms in total. The summed E-state index contributed by atoms with van der Waals surface area (Å²) < 4.78 is 40.1. The van der Waals surface area contributed by atoms with Crippen molar-refractivity contribution in [3.63, 3.8) is 0 Å². The van der Waals surface area contributed by atoms with Crippen LogP contribution in [0.25, 0.3) is 0 Å². The monoisotopic (exact) mass is 490 g/mol. The first-order valence-electron chi connectivity index (χ1n) is 14.3. The lowest BCUT2D eigenvalue weighted by Crippen LogP contribution is -2.32. The van der Waals surface area contributed by atoms with Crippen LogP contribution in [-0.4, -0.2) is 18.7 Å². The highest BCUT2D eigenvalue weighted by Crippen LogP contribution is 2.44. The van der Waals surface area contributed by atoms with Gasteiger partial charge in [0.05, 0.1) is 12.5 Å². The van der Waals surface area contributed by atoms with E-state index >= 15 is 0 Å². The van der Waals surface area contributed by atoms with E-state index in [-0.39, 0.29) is 29.7 Å². The van der Waals surface area contributed by atoms with Crippen LogP contribution >= 0.6 is 0 Å². The van der Waals surface area contributed by atoms with E-state index in [0.717, 1.165) is 70.1 Å². The molecule has 0 saturated heterocycles. The fraction of sp³-hybridized carbons (Fsp3) is 0.767. The second kappa shape index (κ2) is 12.5. The minimum atomic E-state index is -0.853. The van der Waals surface area contributed by atoms with Crippen LogP contribution in [0.4, 0.5) is 8.78 Å². The number of esters is 1. The minimum Gasteiger partial charge on any atom is -0.491 e. The Labute approximate surface area is 210 Å². The molecule has 0 unspecified atom stereocenters. The van der Waals surface area contributed by atoms with E-state index in [4.69, 9.17) is 9.47 Å². The first-order valence-corrected chi connectivity index (χ1v) is 14.3. The number of ether oxygens (including phenoxy) is 2. The van der Waals surface area contributed by atoms with E-state index in [1.807, 2.05) is 0 Å². The molecular weight excluding hydrogens is 446 g/mol. The van der Waals surface area contributed by atoms with Gasteiger partial charge in [-0.1, -0.05) is 25.8 Å². The van der Waals surface area contributed by atoms with Crippen LogP contribution in [0.2, 0.25) is 0 Å². The van der Waals surface area contributed by atoms with Gasteiger partial charge in [0, 0.05) is 0 Å². The summed E-state index contributed by atoms with van der Waals surface area (Å²) >= 11 is 0. The molecule has 3 aliphatic rings. The molecule has 1 aromatic carbocycles. The third-order valence-electron chi connectivity index (χ3n) is 9.13. The summed E-state index contributed by atoms with van der Waals surface area (Å²) in [5.41, 5.74) is 0.503. The van der Waals surface area contributed by atoms with E-state index in [9.17, 15) is 13.6 Å². The van der Waals surface area contributed by atoms with Gasteiger partial charge in [0.1, 0.15) is 6.10 Å². The molecule has 0 heterocycles. The summed E-state index contributed by atoms with van der Waals surface area (Å²) in [5.74, 6) is 0.778. The van der Waals surface area contributed by atoms with Crippen LogP contribution in [0.1, 0.15) is 115 Å². The minimum absolute atomic E-state index is 0.00377. The van der Waals surface area contributed by atoms with Crippen LogP contribution in [0.3, 0.4) is 0 Å². The van der Waals surface area contributed by atoms with Gasteiger partial charge in [-0.05, 0) is 119 Å². The van der Waals surface area contributed by atoms with Crippen LogP contribution < -0.4 is 4.74 Å². The summed E-state index contributed by atoms with van der Waals surface area (Å²) in [4.78, 5) is 12.7. The third-order valence-corrected chi connectivity index (χ3v) is 9.13. The summed E-state index contributed by atoms with van der Waals surface area (Å²) in [6.45, 7) is 4.33. The number of benzene rings is 1. The lowest BCUT2D eigenvalue weighted by molar-refractivity contribution is -0.157. The SMILES string of the molecule is CCCC1CCC(C(=O)OC2CCC(C3CCC(c4ccc(OCC)c(F)c4F)CC3)CC2)CC1. The third kappa shape index (κ3) is 6.57. The molecule has 196 valence electrons. The van der Waals surface area contributed by atoms with Crippen molar-refractivity contribution in [3.8, 4) is 5.75 Å². The van der Waals surface area contributed by atoms with Crippen molar-refractivity contribution < 1.29 is 23.0 Å². The van der Waals surface area contributed by atoms with Gasteiger partial charge in [0.15, 0.2) is 11.6 Å². The highest BCUT2D eigenvalue weighted by molar-refractivity contribution is 5.72. The molecule has 3 saturated carbocycles. The quantitative estimate of drug-likeness (QED) is 0.344. The second-order valence-corrected chi connectivity index (χ2v) is 11.3. The molecular formula is C30H44F2O3. The van der Waals surface area contributed by atoms with Crippen LogP contribution in [0.15, 0.2) is 12.1 Å². The van der Waals surface area contributed by atoms with E-state index in [0.29, 0.717) is 24.0 Å². The summed E-state index contributed by atoms with van der Waals surface area (Å²) in [7, 11) is 0. The Morgan fingerprint density at radius 3 is 2.06 bits per heavy atom. The highest BCUT2D eigenvalue weighted by atomic mass is 19.2. The Morgan fingerprint density at radius 1 is 0.829 bits per heavy atom. The number of rotatable bonds is 8. The average molecular weight is 491 g/mol. The number of halogens is 2. The number of carbonyl (C=O) groups excluding carboxylic acids is 1. The fourth-order valence-electron chi connectivity index (χ4n) is 7.06. The van der Waals surface area contributed by atoms with Crippen LogP contribution in [-0.2, 0) is 9.53 Å². The van der Waals surface area contributed by atoms with E-state index in [2.05, 4.69) is 6.92 Å². The first-order chi connectivity index (χ1) is 17.0. The van der Waals surface area contributed by atoms with Gasteiger partial charge in [0.25, 0.3) is 0 Å². The first kappa shape index (κ1) is 26.4. The molecule has 4 rings (SSSR count). The zero-order chi connectivity index (χ0) is 24.8. The number of carbonyl (C=O) groups is 1. The topological polar surface area (TPSA) is 35.5 Å². The number of hydrogen-bond donors (Lipinski definition) is 0. The predicted octanol–water partition coefficient (Wildman–Crippen LogP) is 8.35. The molecule has 0 radical (unpaired) electrons. The van der Waals surface area contributed by atoms with Gasteiger partial charge in [-0.2, -0.15) is 4.39 Å². The van der Waals surface area contributed by atoms with E-state index < -0.39 is 11.6 Å². The van der Waals surface area contributed by atoms with E-state index in [1.165, 1.54) is 25.7 Å². The largest absolute Gasteiger partial charge is 0.491 e. The smallest absolute Gasteiger partial charge is 0.309 e. The Hall–Kier alpha value is -1.65. The van der Waals surface area contributed by atoms with Gasteiger partial charge in [-0.3, -0.25) is 4.79 Å². The van der Waals surface area contributed by atoms with Gasteiger partial charge in [0.2, 0.25) is 5.82 Å². The van der Waals surface area contributed by atoms with E-state index in [1.54, 1.807) is 19.1 Å². The van der Waals surface area contributed by atoms with Crippen molar-refractivity contribution in [2.75, 3.05) is 6.61 Å². The van der Waals surface area contributed by atoms with Crippen molar-refractivity contribution in [2.45, 2.75) is 116 Å². The Morgan fingerprint density at radius 2 is 1.46 bits per heavy atom. The van der Waals surface area contributed by atoms with Crippen LogP contribution in [0, 0.1) is 35.3 Å². The van der Waals surface area contributed by atoms with Gasteiger partial charge < -0.3 is 9.47 Å². The predicted molar refractivity (Wildman–Crippen MR) is 134 cm³/mol. The lowest BCUT2D eigenvalue weighted by Gasteiger charge is -2.38. The summed E-state index contributed by atoms with van der Waals surface area (Å²) in [5, 5.41) is 0. The average Bonchev–Trinajstić information content (AvgIpc) is 2.88. The van der Waals surface area contributed by atoms with Crippen molar-refractivity contribution in [1.29, 1.82) is 0 Å². The maximum atomic E-state index is 14.7. The van der Waals surface area contributed by atoms with Gasteiger partial charge in [-0.15, -0.1) is 0 Å². The van der Waals surface area contributed by atoms with Gasteiger partial charge >= 0.3 is 5.97 Å². The zero-order valence-corrected chi connectivity index (χ0v) is 21.7. The number of hydrogen-bond acceptors (Lipinski definition) is 3. The maximum absolute atomic E-state index is 14.7. The fourth-order valence-corrected chi connectivity index (χ4v) is 7.06. The Kier molecular flexibility index (Phi) is 9.46. The molecule has 3 aliphatic carbocycles. The molecule has 35 heavy (non-hydrogen) atoms. The molecule has 0 aromatic heterocycles. The van der Waals surface area contributed by atoms with Gasteiger partial charge in [-0.25, -0.2) is 4.39 Å². The molecule has 0 amide bonds. The normalized spacial score (nSPS) is 31.7. The molecule has 0 spiro atoms. The van der Waals surface area contributed by atoms with Crippen molar-refractivity contribution in [1.82, 2.24) is 0 Å². The maximum Gasteiger partial charge on any atom is 0.309 e. The summed E-state index contributed by atoms with van der Waals surface area (Å²) in [6, 6.07) is 3.28. The molecule has 5 heteroatoms. The second-order valence-electron chi connectivity index (χ2n) is 11.3. The Balaban J connectivity index is 1.19. The van der Waals surface area contributed by atoms with Crippen molar-refractivity contribution >= 4 is 5.97 Å².